The van der Waals surface area contributed by atoms with E-state index in [-0.39, 0.29) is 30.0 Å². The number of rotatable bonds is 5. The second-order valence-electron chi connectivity index (χ2n) is 7.95. The molecule has 166 valence electrons. The number of nitriles is 1. The van der Waals surface area contributed by atoms with Gasteiger partial charge in [-0.25, -0.2) is 4.79 Å². The van der Waals surface area contributed by atoms with Crippen LogP contribution in [0.1, 0.15) is 51.9 Å². The number of carbonyl (C=O) groups is 3. The molecule has 0 saturated carbocycles. The van der Waals surface area contributed by atoms with Crippen LogP contribution in [0.15, 0.2) is 48.5 Å². The Balaban J connectivity index is 1.67. The molecule has 0 bridgehead atoms. The van der Waals surface area contributed by atoms with Crippen molar-refractivity contribution < 1.29 is 19.5 Å². The molecule has 1 aliphatic rings. The van der Waals surface area contributed by atoms with Gasteiger partial charge in [0.2, 0.25) is 5.91 Å². The third kappa shape index (κ3) is 4.32. The minimum atomic E-state index is -1.02. The highest BCUT2D eigenvalue weighted by Crippen LogP contribution is 2.32. The van der Waals surface area contributed by atoms with E-state index in [1.165, 1.54) is 13.0 Å². The van der Waals surface area contributed by atoms with Gasteiger partial charge in [0, 0.05) is 25.6 Å². The average molecular weight is 443 g/mol. The molecule has 1 aliphatic heterocycles. The maximum atomic E-state index is 13.2. The fraction of sp³-hybridized carbons (Fsp3) is 0.208. The van der Waals surface area contributed by atoms with Gasteiger partial charge in [-0.3, -0.25) is 14.3 Å². The predicted octanol–water partition coefficient (Wildman–Crippen LogP) is 3.30. The maximum Gasteiger partial charge on any atom is 0.335 e. The minimum Gasteiger partial charge on any atom is -0.478 e. The van der Waals surface area contributed by atoms with Gasteiger partial charge in [0.1, 0.15) is 5.69 Å². The van der Waals surface area contributed by atoms with Crippen LogP contribution in [0.4, 0.5) is 5.69 Å². The van der Waals surface area contributed by atoms with E-state index in [1.54, 1.807) is 52.0 Å². The molecule has 0 aliphatic carbocycles. The number of nitrogens with one attached hydrogen (secondary N) is 1. The fourth-order valence-electron chi connectivity index (χ4n) is 3.95. The largest absolute Gasteiger partial charge is 0.478 e. The van der Waals surface area contributed by atoms with Crippen LogP contribution in [0, 0.1) is 11.3 Å². The molecule has 2 N–H and O–H groups in total. The number of anilines is 1. The minimum absolute atomic E-state index is 0.114. The van der Waals surface area contributed by atoms with Gasteiger partial charge in [-0.05, 0) is 48.9 Å². The van der Waals surface area contributed by atoms with Crippen LogP contribution in [0.2, 0.25) is 0 Å². The molecule has 2 heterocycles. The summed E-state index contributed by atoms with van der Waals surface area (Å²) in [6.07, 6.45) is 0. The van der Waals surface area contributed by atoms with E-state index in [2.05, 4.69) is 10.4 Å². The molecule has 2 amide bonds. The van der Waals surface area contributed by atoms with Crippen molar-refractivity contribution in [3.8, 4) is 17.3 Å². The molecule has 0 saturated heterocycles. The Morgan fingerprint density at radius 2 is 2.03 bits per heavy atom. The van der Waals surface area contributed by atoms with Crippen molar-refractivity contribution in [3.63, 3.8) is 0 Å². The molecule has 0 unspecified atom stereocenters. The van der Waals surface area contributed by atoms with E-state index in [1.807, 2.05) is 13.0 Å². The van der Waals surface area contributed by atoms with Crippen LogP contribution < -0.4 is 5.32 Å². The third-order valence-corrected chi connectivity index (χ3v) is 5.43. The number of aromatic nitrogens is 2. The number of hydrogen-bond acceptors (Lipinski definition) is 5. The van der Waals surface area contributed by atoms with E-state index < -0.39 is 5.97 Å². The number of carbonyl (C=O) groups excluding carboxylic acids is 2. The Bertz CT molecular complexity index is 1320. The molecule has 1 atom stereocenters. The highest BCUT2D eigenvalue weighted by atomic mass is 16.4. The van der Waals surface area contributed by atoms with Crippen LogP contribution in [0.25, 0.3) is 11.3 Å². The first kappa shape index (κ1) is 21.8. The van der Waals surface area contributed by atoms with E-state index >= 15 is 0 Å². The summed E-state index contributed by atoms with van der Waals surface area (Å²) >= 11 is 0. The van der Waals surface area contributed by atoms with Crippen LogP contribution in [-0.2, 0) is 11.3 Å². The standard InChI is InChI=1S/C24H21N5O4/c1-14-12-28(13-17-4-3-5-18(8-17)24(32)33)23(31)22-10-21(27-29(14)22)19-7-6-16(11-25)9-20(19)26-15(2)30/h3-10,14H,12-13H2,1-2H3,(H,26,30)(H,32,33)/t14-/m0/s1. The monoisotopic (exact) mass is 443 g/mol. The van der Waals surface area contributed by atoms with Gasteiger partial charge in [-0.2, -0.15) is 10.4 Å². The number of nitrogens with zero attached hydrogens (tertiary/aromatic N) is 4. The van der Waals surface area contributed by atoms with Crippen molar-refractivity contribution in [1.82, 2.24) is 14.7 Å². The summed E-state index contributed by atoms with van der Waals surface area (Å²) in [5.74, 6) is -1.52. The van der Waals surface area contributed by atoms with Crippen molar-refractivity contribution in [1.29, 1.82) is 5.26 Å². The molecule has 33 heavy (non-hydrogen) atoms. The number of benzene rings is 2. The predicted molar refractivity (Wildman–Crippen MR) is 120 cm³/mol. The summed E-state index contributed by atoms with van der Waals surface area (Å²) in [4.78, 5) is 37.8. The zero-order chi connectivity index (χ0) is 23.7. The Hall–Kier alpha value is -4.45. The van der Waals surface area contributed by atoms with Crippen molar-refractivity contribution in [2.24, 2.45) is 0 Å². The molecular weight excluding hydrogens is 422 g/mol. The molecule has 1 aromatic heterocycles. The first-order chi connectivity index (χ1) is 15.8. The van der Waals surface area contributed by atoms with Gasteiger partial charge in [0.15, 0.2) is 0 Å². The number of hydrogen-bond donors (Lipinski definition) is 2. The lowest BCUT2D eigenvalue weighted by molar-refractivity contribution is -0.114. The number of amides is 2. The number of aromatic carboxylic acids is 1. The lowest BCUT2D eigenvalue weighted by Crippen LogP contribution is -2.41. The van der Waals surface area contributed by atoms with E-state index in [0.717, 1.165) is 5.56 Å². The highest BCUT2D eigenvalue weighted by molar-refractivity contribution is 5.97. The SMILES string of the molecule is CC(=O)Nc1cc(C#N)ccc1-c1cc2n(n1)[C@@H](C)CN(Cc1cccc(C(=O)O)c1)C2=O. The van der Waals surface area contributed by atoms with E-state index in [0.29, 0.717) is 34.7 Å². The highest BCUT2D eigenvalue weighted by Gasteiger charge is 2.31. The molecule has 9 nitrogen and oxygen atoms in total. The third-order valence-electron chi connectivity index (χ3n) is 5.43. The topological polar surface area (TPSA) is 128 Å². The molecular formula is C24H21N5O4. The second-order valence-corrected chi connectivity index (χ2v) is 7.95. The zero-order valence-corrected chi connectivity index (χ0v) is 18.1. The van der Waals surface area contributed by atoms with Gasteiger partial charge in [0.05, 0.1) is 34.6 Å². The molecule has 3 aromatic rings. The summed E-state index contributed by atoms with van der Waals surface area (Å²) in [5, 5.41) is 25.8. The average Bonchev–Trinajstić information content (AvgIpc) is 3.23. The summed E-state index contributed by atoms with van der Waals surface area (Å²) in [7, 11) is 0. The summed E-state index contributed by atoms with van der Waals surface area (Å²) in [6, 6.07) is 15.0. The van der Waals surface area contributed by atoms with Crippen LogP contribution in [-0.4, -0.2) is 44.1 Å². The van der Waals surface area contributed by atoms with Crippen molar-refractivity contribution in [3.05, 3.63) is 70.9 Å². The summed E-state index contributed by atoms with van der Waals surface area (Å²) < 4.78 is 1.66. The second kappa shape index (κ2) is 8.59. The van der Waals surface area contributed by atoms with Crippen LogP contribution in [0.5, 0.6) is 0 Å². The smallest absolute Gasteiger partial charge is 0.335 e. The fourth-order valence-corrected chi connectivity index (χ4v) is 3.95. The normalized spacial score (nSPS) is 15.0. The molecule has 2 aromatic carbocycles. The lowest BCUT2D eigenvalue weighted by Gasteiger charge is -2.31. The van der Waals surface area contributed by atoms with Crippen LogP contribution >= 0.6 is 0 Å². The van der Waals surface area contributed by atoms with Gasteiger partial charge >= 0.3 is 5.97 Å². The van der Waals surface area contributed by atoms with Crippen LogP contribution in [0.3, 0.4) is 0 Å². The van der Waals surface area contributed by atoms with E-state index in [4.69, 9.17) is 0 Å². The first-order valence-electron chi connectivity index (χ1n) is 10.3. The van der Waals surface area contributed by atoms with E-state index in [9.17, 15) is 24.8 Å². The summed E-state index contributed by atoms with van der Waals surface area (Å²) in [5.41, 5.74) is 3.24. The molecule has 0 fully saturated rings. The van der Waals surface area contributed by atoms with Crippen molar-refractivity contribution in [2.75, 3.05) is 11.9 Å². The van der Waals surface area contributed by atoms with Gasteiger partial charge in [0.25, 0.3) is 5.91 Å². The van der Waals surface area contributed by atoms with Gasteiger partial charge < -0.3 is 15.3 Å². The molecule has 4 rings (SSSR count). The lowest BCUT2D eigenvalue weighted by atomic mass is 10.1. The Kier molecular flexibility index (Phi) is 5.67. The number of fused-ring (bicyclic) bond motifs is 1. The Labute approximate surface area is 189 Å². The van der Waals surface area contributed by atoms with Gasteiger partial charge in [-0.1, -0.05) is 12.1 Å². The zero-order valence-electron chi connectivity index (χ0n) is 18.1. The molecule has 0 spiro atoms. The van der Waals surface area contributed by atoms with Crippen molar-refractivity contribution >= 4 is 23.5 Å². The Morgan fingerprint density at radius 3 is 2.73 bits per heavy atom. The number of carboxylic acid groups (broad SMARTS) is 1. The number of carboxylic acids is 1. The Morgan fingerprint density at radius 1 is 1.24 bits per heavy atom. The molecule has 9 heteroatoms. The molecule has 0 radical (unpaired) electrons. The summed E-state index contributed by atoms with van der Waals surface area (Å²) in [6.45, 7) is 4.01. The van der Waals surface area contributed by atoms with Crippen molar-refractivity contribution in [2.45, 2.75) is 26.4 Å². The first-order valence-corrected chi connectivity index (χ1v) is 10.3. The maximum absolute atomic E-state index is 13.2. The quantitative estimate of drug-likeness (QED) is 0.623. The van der Waals surface area contributed by atoms with Gasteiger partial charge in [-0.15, -0.1) is 0 Å².